The Morgan fingerprint density at radius 2 is 1.89 bits per heavy atom. The molecule has 0 radical (unpaired) electrons. The van der Waals surface area contributed by atoms with Crippen LogP contribution in [0.3, 0.4) is 0 Å². The summed E-state index contributed by atoms with van der Waals surface area (Å²) in [5, 5.41) is 16.1. The number of nitrogens with zero attached hydrogens (tertiary/aromatic N) is 2. The molecular formula is C25H28FN3O6S3. The summed E-state index contributed by atoms with van der Waals surface area (Å²) in [4.78, 5) is 15.4. The minimum Gasteiger partial charge on any atom is -0.511 e. The number of hydrogen-bond donors (Lipinski definition) is 2. The zero-order chi connectivity index (χ0) is 27.2. The Kier molecular flexibility index (Phi) is 7.12. The molecule has 38 heavy (non-hydrogen) atoms. The van der Waals surface area contributed by atoms with Gasteiger partial charge < -0.3 is 15.3 Å². The first kappa shape index (κ1) is 26.8. The predicted molar refractivity (Wildman–Crippen MR) is 143 cm³/mol. The lowest BCUT2D eigenvalue weighted by molar-refractivity contribution is -0.132. The maximum atomic E-state index is 13.9. The quantitative estimate of drug-likeness (QED) is 0.530. The molecular weight excluding hydrogens is 553 g/mol. The minimum atomic E-state index is -4.28. The third-order valence-corrected chi connectivity index (χ3v) is 10.6. The van der Waals surface area contributed by atoms with Crippen molar-refractivity contribution in [3.05, 3.63) is 57.9 Å². The van der Waals surface area contributed by atoms with E-state index in [-0.39, 0.29) is 57.7 Å². The highest BCUT2D eigenvalue weighted by Gasteiger charge is 2.45. The van der Waals surface area contributed by atoms with Crippen LogP contribution in [0.4, 0.5) is 9.39 Å². The van der Waals surface area contributed by atoms with Gasteiger partial charge in [-0.3, -0.25) is 4.79 Å². The van der Waals surface area contributed by atoms with Gasteiger partial charge in [-0.2, -0.15) is 8.42 Å². The van der Waals surface area contributed by atoms with E-state index in [1.165, 1.54) is 12.1 Å². The summed E-state index contributed by atoms with van der Waals surface area (Å²) in [5.74, 6) is -1.95. The van der Waals surface area contributed by atoms with Crippen LogP contribution < -0.4 is 5.32 Å². The number of fused-ring (bicyclic) bond motifs is 2. The van der Waals surface area contributed by atoms with Crippen molar-refractivity contribution in [2.24, 2.45) is 10.3 Å². The van der Waals surface area contributed by atoms with Crippen molar-refractivity contribution >= 4 is 47.9 Å². The number of carbonyl (C=O) groups is 1. The normalized spacial score (nSPS) is 23.3. The van der Waals surface area contributed by atoms with Crippen LogP contribution in [0.5, 0.6) is 0 Å². The molecule has 2 aromatic rings. The number of sulfone groups is 1. The van der Waals surface area contributed by atoms with Gasteiger partial charge in [0.15, 0.2) is 5.84 Å². The molecule has 1 fully saturated rings. The number of halogens is 1. The first-order valence-electron chi connectivity index (χ1n) is 12.3. The molecule has 13 heteroatoms. The second-order valence-electron chi connectivity index (χ2n) is 9.97. The molecule has 0 bridgehead atoms. The number of thiophene rings is 1. The molecule has 2 unspecified atom stereocenters. The number of aryl methyl sites for hydroxylation is 1. The summed E-state index contributed by atoms with van der Waals surface area (Å²) in [5.41, 5.74) is 0.863. The molecule has 0 saturated heterocycles. The van der Waals surface area contributed by atoms with Crippen molar-refractivity contribution < 1.29 is 31.1 Å². The SMILES string of the molecule is CS(=O)(=O)CCc1csc2c1S(=O)(=O)N=C(C1=C(O)C3CCCCCC3N(Cc3ccc(F)cc3)C1=O)N2. The van der Waals surface area contributed by atoms with Gasteiger partial charge >= 0.3 is 0 Å². The highest BCUT2D eigenvalue weighted by Crippen LogP contribution is 2.42. The van der Waals surface area contributed by atoms with E-state index < -0.39 is 31.6 Å². The molecule has 2 atom stereocenters. The van der Waals surface area contributed by atoms with Gasteiger partial charge in [0.1, 0.15) is 36.9 Å². The van der Waals surface area contributed by atoms with E-state index in [1.807, 2.05) is 0 Å². The predicted octanol–water partition coefficient (Wildman–Crippen LogP) is 3.79. The van der Waals surface area contributed by atoms with E-state index in [9.17, 15) is 31.1 Å². The fourth-order valence-corrected chi connectivity index (χ4v) is 8.65. The van der Waals surface area contributed by atoms with Crippen LogP contribution in [0.2, 0.25) is 0 Å². The van der Waals surface area contributed by atoms with Crippen molar-refractivity contribution in [2.45, 2.75) is 56.0 Å². The monoisotopic (exact) mass is 581 g/mol. The lowest BCUT2D eigenvalue weighted by Crippen LogP contribution is -2.51. The number of benzene rings is 1. The van der Waals surface area contributed by atoms with Crippen molar-refractivity contribution in [1.82, 2.24) is 4.90 Å². The van der Waals surface area contributed by atoms with Crippen LogP contribution >= 0.6 is 11.3 Å². The molecule has 1 amide bonds. The zero-order valence-electron chi connectivity index (χ0n) is 20.7. The zero-order valence-corrected chi connectivity index (χ0v) is 23.1. The molecule has 3 heterocycles. The third kappa shape index (κ3) is 5.23. The standard InChI is InChI=1S/C25H28FN3O6S3/c1-37(32,33)12-11-16-14-36-24-22(16)38(34,35)28-23(27-24)20-21(30)18-5-3-2-4-6-19(18)29(25(20)31)13-15-7-9-17(26)10-8-15/h7-10,14,18-19,30H,2-6,11-13H2,1H3,(H,27,28). The average molecular weight is 582 g/mol. The van der Waals surface area contributed by atoms with Gasteiger partial charge in [0.05, 0.1) is 5.75 Å². The summed E-state index contributed by atoms with van der Waals surface area (Å²) >= 11 is 1.08. The van der Waals surface area contributed by atoms with Gasteiger partial charge in [-0.05, 0) is 47.9 Å². The second-order valence-corrected chi connectivity index (χ2v) is 14.7. The van der Waals surface area contributed by atoms with Crippen LogP contribution in [-0.2, 0) is 37.6 Å². The lowest BCUT2D eigenvalue weighted by atomic mass is 9.84. The highest BCUT2D eigenvalue weighted by molar-refractivity contribution is 7.91. The molecule has 1 aromatic heterocycles. The van der Waals surface area contributed by atoms with E-state index in [0.717, 1.165) is 36.9 Å². The number of amides is 1. The summed E-state index contributed by atoms with van der Waals surface area (Å²) in [7, 11) is -7.59. The van der Waals surface area contributed by atoms with Gasteiger partial charge in [0.25, 0.3) is 15.9 Å². The Morgan fingerprint density at radius 1 is 1.18 bits per heavy atom. The maximum Gasteiger partial charge on any atom is 0.287 e. The number of hydrogen-bond acceptors (Lipinski definition) is 8. The van der Waals surface area contributed by atoms with E-state index in [4.69, 9.17) is 0 Å². The van der Waals surface area contributed by atoms with Crippen LogP contribution in [0, 0.1) is 11.7 Å². The fourth-order valence-electron chi connectivity index (χ4n) is 5.39. The van der Waals surface area contributed by atoms with Gasteiger partial charge in [0, 0.05) is 24.8 Å². The van der Waals surface area contributed by atoms with Crippen molar-refractivity contribution in [2.75, 3.05) is 17.3 Å². The largest absolute Gasteiger partial charge is 0.511 e. The maximum absolute atomic E-state index is 13.9. The van der Waals surface area contributed by atoms with Crippen molar-refractivity contribution in [1.29, 1.82) is 0 Å². The molecule has 204 valence electrons. The van der Waals surface area contributed by atoms with Gasteiger partial charge in [-0.1, -0.05) is 31.4 Å². The third-order valence-electron chi connectivity index (χ3n) is 7.23. The molecule has 9 nitrogen and oxygen atoms in total. The Bertz CT molecular complexity index is 1540. The second kappa shape index (κ2) is 10.1. The van der Waals surface area contributed by atoms with Gasteiger partial charge in [-0.25, -0.2) is 12.8 Å². The Hall–Kier alpha value is -2.77. The van der Waals surface area contributed by atoms with Gasteiger partial charge in [-0.15, -0.1) is 15.7 Å². The summed E-state index contributed by atoms with van der Waals surface area (Å²) in [6, 6.07) is 5.56. The molecule has 1 aliphatic carbocycles. The number of aliphatic hydroxyl groups is 1. The highest BCUT2D eigenvalue weighted by atomic mass is 32.2. The molecule has 1 aromatic carbocycles. The molecule has 1 saturated carbocycles. The number of sulfonamides is 1. The van der Waals surface area contributed by atoms with Gasteiger partial charge in [0.2, 0.25) is 0 Å². The van der Waals surface area contributed by atoms with E-state index in [1.54, 1.807) is 22.4 Å². The number of amidine groups is 1. The smallest absolute Gasteiger partial charge is 0.287 e. The Labute approximate surface area is 225 Å². The van der Waals surface area contributed by atoms with Crippen LogP contribution in [0.15, 0.2) is 50.3 Å². The molecule has 3 aliphatic rings. The minimum absolute atomic E-state index is 0.0124. The van der Waals surface area contributed by atoms with Crippen LogP contribution in [-0.4, -0.2) is 56.6 Å². The molecule has 0 spiro atoms. The summed E-state index contributed by atoms with van der Waals surface area (Å²) < 4.78 is 67.1. The summed E-state index contributed by atoms with van der Waals surface area (Å²) in [6.07, 6.45) is 5.11. The lowest BCUT2D eigenvalue weighted by Gasteiger charge is -2.41. The number of anilines is 1. The Balaban J connectivity index is 1.53. The van der Waals surface area contributed by atoms with Crippen molar-refractivity contribution in [3.63, 3.8) is 0 Å². The Morgan fingerprint density at radius 3 is 2.61 bits per heavy atom. The number of nitrogens with one attached hydrogen (secondary N) is 1. The van der Waals surface area contributed by atoms with Crippen LogP contribution in [0.25, 0.3) is 0 Å². The fraction of sp³-hybridized carbons (Fsp3) is 0.440. The first-order chi connectivity index (χ1) is 17.9. The van der Waals surface area contributed by atoms with Crippen molar-refractivity contribution in [3.8, 4) is 0 Å². The van der Waals surface area contributed by atoms with E-state index in [2.05, 4.69) is 9.71 Å². The first-order valence-corrected chi connectivity index (χ1v) is 16.7. The van der Waals surface area contributed by atoms with E-state index >= 15 is 0 Å². The molecule has 5 rings (SSSR count). The molecule has 2 N–H and O–H groups in total. The van der Waals surface area contributed by atoms with Crippen LogP contribution in [0.1, 0.15) is 43.2 Å². The molecule has 2 aliphatic heterocycles. The summed E-state index contributed by atoms with van der Waals surface area (Å²) in [6.45, 7) is 0.178. The average Bonchev–Trinajstić information content (AvgIpc) is 3.10. The van der Waals surface area contributed by atoms with E-state index in [0.29, 0.717) is 24.0 Å². The topological polar surface area (TPSA) is 133 Å². The number of carbonyl (C=O) groups excluding carboxylic acids is 1. The number of rotatable bonds is 6. The number of aliphatic hydroxyl groups excluding tert-OH is 1.